The number of hydrogen-bond acceptors (Lipinski definition) is 2. The molecule has 1 amide bonds. The fraction of sp³-hybridized carbons (Fsp3) is 0.500. The van der Waals surface area contributed by atoms with E-state index >= 15 is 0 Å². The van der Waals surface area contributed by atoms with E-state index in [1.165, 1.54) is 11.1 Å². The summed E-state index contributed by atoms with van der Waals surface area (Å²) < 4.78 is 0. The molecule has 0 fully saturated rings. The average Bonchev–Trinajstić information content (AvgIpc) is 2.34. The highest BCUT2D eigenvalue weighted by molar-refractivity contribution is 5.80. The van der Waals surface area contributed by atoms with Crippen molar-refractivity contribution in [2.45, 2.75) is 33.6 Å². The summed E-state index contributed by atoms with van der Waals surface area (Å²) in [7, 11) is 0. The van der Waals surface area contributed by atoms with Crippen molar-refractivity contribution in [1.29, 1.82) is 0 Å². The number of amides is 1. The van der Waals surface area contributed by atoms with Gasteiger partial charge in [-0.05, 0) is 43.0 Å². The molecule has 0 unspecified atom stereocenters. The molecule has 1 rings (SSSR count). The lowest BCUT2D eigenvalue weighted by atomic mass is 10.1. The summed E-state index contributed by atoms with van der Waals surface area (Å²) in [5.41, 5.74) is 3.63. The zero-order valence-electron chi connectivity index (χ0n) is 11.0. The monoisotopic (exact) mass is 234 g/mol. The van der Waals surface area contributed by atoms with Crippen LogP contribution in [0.2, 0.25) is 0 Å². The molecule has 3 nitrogen and oxygen atoms in total. The molecule has 0 radical (unpaired) electrons. The van der Waals surface area contributed by atoms with Crippen LogP contribution in [-0.2, 0) is 11.2 Å². The molecule has 0 aliphatic carbocycles. The predicted molar refractivity (Wildman–Crippen MR) is 72.3 cm³/mol. The fourth-order valence-electron chi connectivity index (χ4n) is 1.71. The Kier molecular flexibility index (Phi) is 5.53. The Morgan fingerprint density at radius 2 is 2.06 bits per heavy atom. The lowest BCUT2D eigenvalue weighted by Crippen LogP contribution is -2.30. The first-order chi connectivity index (χ1) is 8.17. The van der Waals surface area contributed by atoms with Crippen LogP contribution in [0.15, 0.2) is 18.2 Å². The van der Waals surface area contributed by atoms with E-state index < -0.39 is 0 Å². The second kappa shape index (κ2) is 6.94. The van der Waals surface area contributed by atoms with Gasteiger partial charge in [0.1, 0.15) is 0 Å². The number of aryl methyl sites for hydroxylation is 2. The van der Waals surface area contributed by atoms with Crippen LogP contribution >= 0.6 is 0 Å². The van der Waals surface area contributed by atoms with Crippen LogP contribution < -0.4 is 10.6 Å². The van der Waals surface area contributed by atoms with E-state index in [9.17, 15) is 4.79 Å². The van der Waals surface area contributed by atoms with E-state index in [-0.39, 0.29) is 5.91 Å². The Morgan fingerprint density at radius 1 is 1.29 bits per heavy atom. The van der Waals surface area contributed by atoms with E-state index in [2.05, 4.69) is 36.6 Å². The molecule has 0 spiro atoms. The van der Waals surface area contributed by atoms with Gasteiger partial charge < -0.3 is 10.6 Å². The molecule has 0 bridgehead atoms. The van der Waals surface area contributed by atoms with Crippen molar-refractivity contribution in [1.82, 2.24) is 5.32 Å². The Hall–Kier alpha value is -1.51. The van der Waals surface area contributed by atoms with Gasteiger partial charge in [-0.1, -0.05) is 19.9 Å². The smallest absolute Gasteiger partial charge is 0.239 e. The van der Waals surface area contributed by atoms with Crippen molar-refractivity contribution < 1.29 is 4.79 Å². The second-order valence-electron chi connectivity index (χ2n) is 4.20. The van der Waals surface area contributed by atoms with E-state index in [1.807, 2.05) is 13.0 Å². The Morgan fingerprint density at radius 3 is 2.65 bits per heavy atom. The second-order valence-corrected chi connectivity index (χ2v) is 4.20. The molecule has 2 N–H and O–H groups in total. The van der Waals surface area contributed by atoms with Gasteiger partial charge >= 0.3 is 0 Å². The number of carbonyl (C=O) groups is 1. The largest absolute Gasteiger partial charge is 0.376 e. The third-order valence-electron chi connectivity index (χ3n) is 2.75. The van der Waals surface area contributed by atoms with Crippen molar-refractivity contribution in [3.8, 4) is 0 Å². The number of anilines is 1. The van der Waals surface area contributed by atoms with Gasteiger partial charge in [0.15, 0.2) is 0 Å². The molecular formula is C14H22N2O. The van der Waals surface area contributed by atoms with Crippen molar-refractivity contribution in [2.75, 3.05) is 18.4 Å². The van der Waals surface area contributed by atoms with Crippen LogP contribution in [0.5, 0.6) is 0 Å². The third kappa shape index (κ3) is 4.47. The molecule has 0 atom stereocenters. The molecule has 0 aliphatic heterocycles. The van der Waals surface area contributed by atoms with Crippen molar-refractivity contribution in [3.05, 3.63) is 29.3 Å². The lowest BCUT2D eigenvalue weighted by molar-refractivity contribution is -0.119. The third-order valence-corrected chi connectivity index (χ3v) is 2.75. The highest BCUT2D eigenvalue weighted by Crippen LogP contribution is 2.15. The highest BCUT2D eigenvalue weighted by Gasteiger charge is 2.01. The molecule has 0 heterocycles. The van der Waals surface area contributed by atoms with Crippen LogP contribution in [0.3, 0.4) is 0 Å². The van der Waals surface area contributed by atoms with Crippen molar-refractivity contribution in [2.24, 2.45) is 0 Å². The fourth-order valence-corrected chi connectivity index (χ4v) is 1.71. The van der Waals surface area contributed by atoms with Gasteiger partial charge in [-0.25, -0.2) is 0 Å². The Labute approximate surface area is 104 Å². The average molecular weight is 234 g/mol. The molecule has 0 saturated carbocycles. The maximum absolute atomic E-state index is 11.4. The van der Waals surface area contributed by atoms with Gasteiger partial charge in [0.2, 0.25) is 5.91 Å². The summed E-state index contributed by atoms with van der Waals surface area (Å²) in [5, 5.41) is 5.97. The molecule has 3 heteroatoms. The molecule has 0 aromatic heterocycles. The van der Waals surface area contributed by atoms with Crippen molar-refractivity contribution >= 4 is 11.6 Å². The van der Waals surface area contributed by atoms with Crippen LogP contribution in [0, 0.1) is 6.92 Å². The van der Waals surface area contributed by atoms with Gasteiger partial charge in [-0.3, -0.25) is 4.79 Å². The maximum atomic E-state index is 11.4. The predicted octanol–water partition coefficient (Wildman–Crippen LogP) is 2.50. The first-order valence-corrected chi connectivity index (χ1v) is 6.27. The Balaban J connectivity index is 2.47. The van der Waals surface area contributed by atoms with Crippen molar-refractivity contribution in [3.63, 3.8) is 0 Å². The van der Waals surface area contributed by atoms with Gasteiger partial charge in [0.05, 0.1) is 6.54 Å². The topological polar surface area (TPSA) is 41.1 Å². The summed E-state index contributed by atoms with van der Waals surface area (Å²) in [5.74, 6) is 0.0454. The Bertz CT molecular complexity index is 374. The van der Waals surface area contributed by atoms with Gasteiger partial charge in [-0.2, -0.15) is 0 Å². The molecule has 0 saturated heterocycles. The van der Waals surface area contributed by atoms with Crippen LogP contribution in [0.25, 0.3) is 0 Å². The SMILES string of the molecule is CCCNC(=O)CNc1ccc(CC)c(C)c1. The van der Waals surface area contributed by atoms with Gasteiger partial charge in [-0.15, -0.1) is 0 Å². The number of nitrogens with one attached hydrogen (secondary N) is 2. The minimum Gasteiger partial charge on any atom is -0.376 e. The zero-order valence-corrected chi connectivity index (χ0v) is 11.0. The minimum atomic E-state index is 0.0454. The van der Waals surface area contributed by atoms with E-state index in [0.717, 1.165) is 25.1 Å². The number of rotatable bonds is 6. The zero-order chi connectivity index (χ0) is 12.7. The standard InChI is InChI=1S/C14H22N2O/c1-4-8-15-14(17)10-16-13-7-6-12(5-2)11(3)9-13/h6-7,9,16H,4-5,8,10H2,1-3H3,(H,15,17). The first-order valence-electron chi connectivity index (χ1n) is 6.27. The number of hydrogen-bond donors (Lipinski definition) is 2. The molecule has 1 aromatic carbocycles. The van der Waals surface area contributed by atoms with Crippen LogP contribution in [0.4, 0.5) is 5.69 Å². The quantitative estimate of drug-likeness (QED) is 0.794. The van der Waals surface area contributed by atoms with Crippen LogP contribution in [0.1, 0.15) is 31.4 Å². The van der Waals surface area contributed by atoms with Crippen LogP contribution in [-0.4, -0.2) is 19.0 Å². The summed E-state index contributed by atoms with van der Waals surface area (Å²) in [6, 6.07) is 6.23. The summed E-state index contributed by atoms with van der Waals surface area (Å²) in [6.45, 7) is 7.37. The normalized spacial score (nSPS) is 10.1. The highest BCUT2D eigenvalue weighted by atomic mass is 16.1. The maximum Gasteiger partial charge on any atom is 0.239 e. The van der Waals surface area contributed by atoms with Gasteiger partial charge in [0.25, 0.3) is 0 Å². The summed E-state index contributed by atoms with van der Waals surface area (Å²) in [6.07, 6.45) is 2.01. The van der Waals surface area contributed by atoms with E-state index in [1.54, 1.807) is 0 Å². The van der Waals surface area contributed by atoms with E-state index in [4.69, 9.17) is 0 Å². The summed E-state index contributed by atoms with van der Waals surface area (Å²) in [4.78, 5) is 11.4. The minimum absolute atomic E-state index is 0.0454. The number of carbonyl (C=O) groups excluding carboxylic acids is 1. The van der Waals surface area contributed by atoms with Gasteiger partial charge in [0, 0.05) is 12.2 Å². The molecule has 17 heavy (non-hydrogen) atoms. The first kappa shape index (κ1) is 13.6. The molecule has 94 valence electrons. The molecule has 0 aliphatic rings. The number of benzene rings is 1. The summed E-state index contributed by atoms with van der Waals surface area (Å²) >= 11 is 0. The van der Waals surface area contributed by atoms with E-state index in [0.29, 0.717) is 6.54 Å². The lowest BCUT2D eigenvalue weighted by Gasteiger charge is -2.09. The molecular weight excluding hydrogens is 212 g/mol. The molecule has 1 aromatic rings.